The Hall–Kier alpha value is -1.68. The van der Waals surface area contributed by atoms with Gasteiger partial charge < -0.3 is 5.32 Å². The van der Waals surface area contributed by atoms with Crippen molar-refractivity contribution in [1.82, 2.24) is 15.2 Å². The molecule has 0 unspecified atom stereocenters. The summed E-state index contributed by atoms with van der Waals surface area (Å²) in [5.74, 6) is 0.764. The van der Waals surface area contributed by atoms with Gasteiger partial charge in [0.15, 0.2) is 11.0 Å². The first kappa shape index (κ1) is 12.8. The van der Waals surface area contributed by atoms with Gasteiger partial charge in [-0.3, -0.25) is 4.98 Å². The summed E-state index contributed by atoms with van der Waals surface area (Å²) in [6.07, 6.45) is 3.64. The van der Waals surface area contributed by atoms with E-state index in [1.165, 1.54) is 5.56 Å². The molecule has 0 bridgehead atoms. The minimum absolute atomic E-state index is 0.454. The van der Waals surface area contributed by atoms with Crippen LogP contribution in [0.4, 0.5) is 5.82 Å². The quantitative estimate of drug-likeness (QED) is 0.924. The van der Waals surface area contributed by atoms with Crippen LogP contribution in [0, 0.1) is 20.8 Å². The number of rotatable bonds is 3. The van der Waals surface area contributed by atoms with Crippen LogP contribution in [0.25, 0.3) is 0 Å². The maximum atomic E-state index is 5.92. The lowest BCUT2D eigenvalue weighted by Gasteiger charge is -2.11. The topological polar surface area (TPSA) is 50.7 Å². The molecule has 2 heterocycles. The van der Waals surface area contributed by atoms with Crippen LogP contribution in [0.3, 0.4) is 0 Å². The van der Waals surface area contributed by atoms with Gasteiger partial charge in [0, 0.05) is 18.9 Å². The number of aromatic nitrogens is 3. The van der Waals surface area contributed by atoms with Crippen molar-refractivity contribution in [3.63, 3.8) is 0 Å². The molecule has 0 atom stereocenters. The monoisotopic (exact) mass is 262 g/mol. The van der Waals surface area contributed by atoms with Crippen molar-refractivity contribution in [3.05, 3.63) is 45.9 Å². The van der Waals surface area contributed by atoms with Gasteiger partial charge in [0.05, 0.1) is 0 Å². The summed E-state index contributed by atoms with van der Waals surface area (Å²) in [4.78, 5) is 4.11. The van der Waals surface area contributed by atoms with E-state index < -0.39 is 0 Å². The average molecular weight is 263 g/mol. The van der Waals surface area contributed by atoms with Crippen molar-refractivity contribution in [2.24, 2.45) is 0 Å². The normalized spacial score (nSPS) is 10.4. The van der Waals surface area contributed by atoms with Crippen molar-refractivity contribution in [2.75, 3.05) is 5.32 Å². The molecular weight excluding hydrogens is 248 g/mol. The largest absolute Gasteiger partial charge is 0.364 e. The molecule has 1 N–H and O–H groups in total. The summed E-state index contributed by atoms with van der Waals surface area (Å²) >= 11 is 5.92. The Kier molecular flexibility index (Phi) is 3.77. The van der Waals surface area contributed by atoms with Crippen LogP contribution < -0.4 is 5.32 Å². The summed E-state index contributed by atoms with van der Waals surface area (Å²) in [6, 6.07) is 1.99. The van der Waals surface area contributed by atoms with Crippen LogP contribution in [0.5, 0.6) is 0 Å². The fraction of sp³-hybridized carbons (Fsp3) is 0.308. The van der Waals surface area contributed by atoms with E-state index in [4.69, 9.17) is 11.6 Å². The first-order chi connectivity index (χ1) is 8.59. The molecule has 2 aromatic heterocycles. The zero-order chi connectivity index (χ0) is 13.1. The van der Waals surface area contributed by atoms with Crippen LogP contribution >= 0.6 is 11.6 Å². The van der Waals surface area contributed by atoms with Gasteiger partial charge in [-0.2, -0.15) is 0 Å². The maximum absolute atomic E-state index is 5.92. The number of aryl methyl sites for hydroxylation is 1. The summed E-state index contributed by atoms with van der Waals surface area (Å²) < 4.78 is 0. The number of nitrogens with one attached hydrogen (secondary N) is 1. The van der Waals surface area contributed by atoms with E-state index in [0.717, 1.165) is 22.5 Å². The van der Waals surface area contributed by atoms with Gasteiger partial charge in [-0.15, -0.1) is 10.2 Å². The van der Waals surface area contributed by atoms with Gasteiger partial charge in [-0.1, -0.05) is 11.6 Å². The average Bonchev–Trinajstić information content (AvgIpc) is 2.37. The second-order valence-electron chi connectivity index (χ2n) is 4.25. The molecular formula is C13H15ClN4. The zero-order valence-corrected chi connectivity index (χ0v) is 11.4. The molecule has 0 spiro atoms. The molecule has 94 valence electrons. The van der Waals surface area contributed by atoms with Crippen molar-refractivity contribution in [1.29, 1.82) is 0 Å². The standard InChI is InChI=1S/C13H15ClN4/c1-8-4-5-15-6-11(8)7-16-13-10(3)9(2)12(14)17-18-13/h4-6H,7H2,1-3H3,(H,16,18). The minimum Gasteiger partial charge on any atom is -0.364 e. The lowest BCUT2D eigenvalue weighted by atomic mass is 10.1. The summed E-state index contributed by atoms with van der Waals surface area (Å²) in [7, 11) is 0. The molecule has 4 nitrogen and oxygen atoms in total. The van der Waals surface area contributed by atoms with E-state index in [9.17, 15) is 0 Å². The van der Waals surface area contributed by atoms with E-state index >= 15 is 0 Å². The van der Waals surface area contributed by atoms with Gasteiger partial charge in [0.1, 0.15) is 0 Å². The summed E-state index contributed by atoms with van der Waals surface area (Å²) in [5, 5.41) is 11.7. The molecule has 2 rings (SSSR count). The van der Waals surface area contributed by atoms with Crippen LogP contribution in [0.1, 0.15) is 22.3 Å². The first-order valence-electron chi connectivity index (χ1n) is 5.72. The third-order valence-corrected chi connectivity index (χ3v) is 3.42. The highest BCUT2D eigenvalue weighted by Crippen LogP contribution is 2.21. The molecule has 0 radical (unpaired) electrons. The Morgan fingerprint density at radius 2 is 1.94 bits per heavy atom. The Labute approximate surface area is 111 Å². The van der Waals surface area contributed by atoms with E-state index in [-0.39, 0.29) is 0 Å². The molecule has 2 aromatic rings. The Balaban J connectivity index is 2.17. The van der Waals surface area contributed by atoms with Crippen LogP contribution in [0.2, 0.25) is 5.15 Å². The van der Waals surface area contributed by atoms with Gasteiger partial charge in [0.25, 0.3) is 0 Å². The second kappa shape index (κ2) is 5.31. The van der Waals surface area contributed by atoms with Crippen molar-refractivity contribution in [2.45, 2.75) is 27.3 Å². The van der Waals surface area contributed by atoms with Crippen molar-refractivity contribution in [3.8, 4) is 0 Å². The molecule has 0 saturated carbocycles. The number of hydrogen-bond donors (Lipinski definition) is 1. The molecule has 0 aliphatic heterocycles. The molecule has 0 saturated heterocycles. The Morgan fingerprint density at radius 1 is 1.17 bits per heavy atom. The lowest BCUT2D eigenvalue weighted by molar-refractivity contribution is 0.965. The highest BCUT2D eigenvalue weighted by molar-refractivity contribution is 6.30. The van der Waals surface area contributed by atoms with Gasteiger partial charge >= 0.3 is 0 Å². The third kappa shape index (κ3) is 2.59. The third-order valence-electron chi connectivity index (χ3n) is 3.06. The van der Waals surface area contributed by atoms with Gasteiger partial charge in [0.2, 0.25) is 0 Å². The van der Waals surface area contributed by atoms with E-state index in [0.29, 0.717) is 11.7 Å². The van der Waals surface area contributed by atoms with Crippen LogP contribution in [-0.2, 0) is 6.54 Å². The molecule has 0 aliphatic carbocycles. The fourth-order valence-electron chi connectivity index (χ4n) is 1.60. The molecule has 0 amide bonds. The first-order valence-corrected chi connectivity index (χ1v) is 6.10. The number of nitrogens with zero attached hydrogens (tertiary/aromatic N) is 3. The smallest absolute Gasteiger partial charge is 0.155 e. The highest BCUT2D eigenvalue weighted by Gasteiger charge is 2.08. The fourth-order valence-corrected chi connectivity index (χ4v) is 1.78. The van der Waals surface area contributed by atoms with Gasteiger partial charge in [-0.05, 0) is 49.1 Å². The molecule has 0 aromatic carbocycles. The summed E-state index contributed by atoms with van der Waals surface area (Å²) in [5.41, 5.74) is 4.33. The number of pyridine rings is 1. The number of anilines is 1. The predicted molar refractivity (Wildman–Crippen MR) is 72.8 cm³/mol. The Bertz CT molecular complexity index is 569. The van der Waals surface area contributed by atoms with Crippen molar-refractivity contribution >= 4 is 17.4 Å². The lowest BCUT2D eigenvalue weighted by Crippen LogP contribution is -2.07. The molecule has 18 heavy (non-hydrogen) atoms. The van der Waals surface area contributed by atoms with E-state index in [1.807, 2.05) is 26.1 Å². The maximum Gasteiger partial charge on any atom is 0.155 e. The molecule has 5 heteroatoms. The SMILES string of the molecule is Cc1ccncc1CNc1nnc(Cl)c(C)c1C. The summed E-state index contributed by atoms with van der Waals surface area (Å²) in [6.45, 7) is 6.65. The predicted octanol–water partition coefficient (Wildman–Crippen LogP) is 3.06. The Morgan fingerprint density at radius 3 is 2.67 bits per heavy atom. The molecule has 0 aliphatic rings. The number of hydrogen-bond acceptors (Lipinski definition) is 4. The van der Waals surface area contributed by atoms with Crippen molar-refractivity contribution < 1.29 is 0 Å². The second-order valence-corrected chi connectivity index (χ2v) is 4.60. The highest BCUT2D eigenvalue weighted by atomic mass is 35.5. The van der Waals surface area contributed by atoms with Crippen LogP contribution in [-0.4, -0.2) is 15.2 Å². The van der Waals surface area contributed by atoms with E-state index in [1.54, 1.807) is 6.20 Å². The number of halogens is 1. The molecule has 0 fully saturated rings. The van der Waals surface area contributed by atoms with E-state index in [2.05, 4.69) is 27.4 Å². The van der Waals surface area contributed by atoms with Gasteiger partial charge in [-0.25, -0.2) is 0 Å². The minimum atomic E-state index is 0.454. The zero-order valence-electron chi connectivity index (χ0n) is 10.7. The van der Waals surface area contributed by atoms with Crippen LogP contribution in [0.15, 0.2) is 18.5 Å².